The maximum absolute atomic E-state index is 13.5. The maximum atomic E-state index is 13.5. The predicted octanol–water partition coefficient (Wildman–Crippen LogP) is 4.01. The molecule has 0 N–H and O–H groups in total. The first-order valence-electron chi connectivity index (χ1n) is 5.44. The van der Waals surface area contributed by atoms with Gasteiger partial charge in [0.05, 0.1) is 11.8 Å². The molecule has 0 fully saturated rings. The van der Waals surface area contributed by atoms with Gasteiger partial charge in [-0.15, -0.1) is 0 Å². The Morgan fingerprint density at radius 3 is 2.48 bits per heavy atom. The highest BCUT2D eigenvalue weighted by Gasteiger charge is 2.31. The largest absolute Gasteiger partial charge is 0.471 e. The molecule has 3 nitrogen and oxygen atoms in total. The molecule has 0 aliphatic heterocycles. The van der Waals surface area contributed by atoms with Gasteiger partial charge in [0.25, 0.3) is 5.88 Å². The van der Waals surface area contributed by atoms with Crippen molar-refractivity contribution >= 4 is 11.6 Å². The lowest BCUT2D eigenvalue weighted by Gasteiger charge is -2.10. The SMILES string of the molecule is Fc1cc(C(F)(F)F)ccc1COc1nc(Cl)ncc1F. The van der Waals surface area contributed by atoms with E-state index in [2.05, 4.69) is 9.97 Å². The van der Waals surface area contributed by atoms with Crippen molar-refractivity contribution in [3.63, 3.8) is 0 Å². The van der Waals surface area contributed by atoms with Crippen LogP contribution in [-0.4, -0.2) is 9.97 Å². The van der Waals surface area contributed by atoms with Crippen molar-refractivity contribution in [1.82, 2.24) is 9.97 Å². The van der Waals surface area contributed by atoms with Crippen LogP contribution in [0.2, 0.25) is 5.28 Å². The molecule has 0 atom stereocenters. The Balaban J connectivity index is 2.15. The number of benzene rings is 1. The molecule has 0 unspecified atom stereocenters. The summed E-state index contributed by atoms with van der Waals surface area (Å²) in [6, 6.07) is 1.94. The second kappa shape index (κ2) is 5.80. The number of halogens is 6. The van der Waals surface area contributed by atoms with Gasteiger partial charge in [-0.2, -0.15) is 22.5 Å². The summed E-state index contributed by atoms with van der Waals surface area (Å²) in [5.74, 6) is -2.56. The van der Waals surface area contributed by atoms with Crippen LogP contribution in [0.4, 0.5) is 22.0 Å². The standard InChI is InChI=1S/C12H6ClF5N2O/c13-11-19-4-9(15)10(20-11)21-5-6-1-2-7(3-8(6)14)12(16,17)18/h1-4H,5H2. The van der Waals surface area contributed by atoms with E-state index in [1.165, 1.54) is 0 Å². The average Bonchev–Trinajstić information content (AvgIpc) is 2.40. The summed E-state index contributed by atoms with van der Waals surface area (Å²) in [7, 11) is 0. The average molecular weight is 325 g/mol. The molecular weight excluding hydrogens is 319 g/mol. The fourth-order valence-corrected chi connectivity index (χ4v) is 1.54. The van der Waals surface area contributed by atoms with Gasteiger partial charge in [0.15, 0.2) is 0 Å². The van der Waals surface area contributed by atoms with Crippen LogP contribution in [0.15, 0.2) is 24.4 Å². The summed E-state index contributed by atoms with van der Waals surface area (Å²) >= 11 is 5.43. The van der Waals surface area contributed by atoms with E-state index in [0.717, 1.165) is 12.3 Å². The minimum absolute atomic E-state index is 0.183. The fourth-order valence-electron chi connectivity index (χ4n) is 1.42. The van der Waals surface area contributed by atoms with Crippen LogP contribution in [0, 0.1) is 11.6 Å². The molecule has 0 radical (unpaired) electrons. The highest BCUT2D eigenvalue weighted by atomic mass is 35.5. The van der Waals surface area contributed by atoms with E-state index in [-0.39, 0.29) is 10.8 Å². The van der Waals surface area contributed by atoms with Crippen molar-refractivity contribution in [2.75, 3.05) is 0 Å². The first-order chi connectivity index (χ1) is 9.77. The Morgan fingerprint density at radius 2 is 1.86 bits per heavy atom. The number of nitrogens with zero attached hydrogens (tertiary/aromatic N) is 2. The summed E-state index contributed by atoms with van der Waals surface area (Å²) < 4.78 is 68.8. The van der Waals surface area contributed by atoms with Crippen molar-refractivity contribution < 1.29 is 26.7 Å². The summed E-state index contributed by atoms with van der Waals surface area (Å²) in [5, 5.41) is -0.278. The predicted molar refractivity (Wildman–Crippen MR) is 62.7 cm³/mol. The summed E-state index contributed by atoms with van der Waals surface area (Å²) in [5.41, 5.74) is -1.31. The van der Waals surface area contributed by atoms with Crippen LogP contribution in [0.1, 0.15) is 11.1 Å². The highest BCUT2D eigenvalue weighted by Crippen LogP contribution is 2.30. The van der Waals surface area contributed by atoms with Crippen molar-refractivity contribution in [3.05, 3.63) is 52.4 Å². The second-order valence-electron chi connectivity index (χ2n) is 3.88. The molecule has 2 aromatic rings. The quantitative estimate of drug-likeness (QED) is 0.632. The molecule has 9 heteroatoms. The third-order valence-corrected chi connectivity index (χ3v) is 2.61. The number of ether oxygens (including phenoxy) is 1. The zero-order valence-corrected chi connectivity index (χ0v) is 10.8. The van der Waals surface area contributed by atoms with Gasteiger partial charge < -0.3 is 4.74 Å². The van der Waals surface area contributed by atoms with Gasteiger partial charge in [0, 0.05) is 5.56 Å². The third kappa shape index (κ3) is 3.78. The van der Waals surface area contributed by atoms with E-state index >= 15 is 0 Å². The molecule has 0 saturated carbocycles. The van der Waals surface area contributed by atoms with Gasteiger partial charge in [0.1, 0.15) is 12.4 Å². The van der Waals surface area contributed by atoms with Gasteiger partial charge in [-0.3, -0.25) is 0 Å². The zero-order valence-electron chi connectivity index (χ0n) is 10.1. The molecule has 0 saturated heterocycles. The van der Waals surface area contributed by atoms with Crippen LogP contribution < -0.4 is 4.74 Å². The number of rotatable bonds is 3. The van der Waals surface area contributed by atoms with Gasteiger partial charge in [-0.05, 0) is 23.7 Å². The molecule has 0 aliphatic rings. The molecule has 1 aromatic carbocycles. The van der Waals surface area contributed by atoms with Gasteiger partial charge in [0.2, 0.25) is 11.1 Å². The first-order valence-corrected chi connectivity index (χ1v) is 5.81. The molecular formula is C12H6ClF5N2O. The zero-order chi connectivity index (χ0) is 15.6. The molecule has 1 aromatic heterocycles. The van der Waals surface area contributed by atoms with E-state index in [9.17, 15) is 22.0 Å². The van der Waals surface area contributed by atoms with Crippen molar-refractivity contribution in [1.29, 1.82) is 0 Å². The Kier molecular flexibility index (Phi) is 4.26. The molecule has 0 bridgehead atoms. The number of hydrogen-bond acceptors (Lipinski definition) is 3. The molecule has 0 amide bonds. The molecule has 2 rings (SSSR count). The van der Waals surface area contributed by atoms with Crippen LogP contribution in [0.3, 0.4) is 0 Å². The smallest absolute Gasteiger partial charge is 0.416 e. The molecule has 112 valence electrons. The van der Waals surface area contributed by atoms with Gasteiger partial charge in [-0.25, -0.2) is 9.37 Å². The lowest BCUT2D eigenvalue weighted by atomic mass is 10.1. The molecule has 21 heavy (non-hydrogen) atoms. The topological polar surface area (TPSA) is 35.0 Å². The lowest BCUT2D eigenvalue weighted by molar-refractivity contribution is -0.137. The molecule has 0 aliphatic carbocycles. The number of aromatic nitrogens is 2. The van der Waals surface area contributed by atoms with Crippen LogP contribution in [0.5, 0.6) is 5.88 Å². The number of alkyl halides is 3. The van der Waals surface area contributed by atoms with E-state index in [4.69, 9.17) is 16.3 Å². The van der Waals surface area contributed by atoms with Gasteiger partial charge >= 0.3 is 6.18 Å². The monoisotopic (exact) mass is 324 g/mol. The maximum Gasteiger partial charge on any atom is 0.416 e. The van der Waals surface area contributed by atoms with Crippen molar-refractivity contribution in [2.45, 2.75) is 12.8 Å². The van der Waals surface area contributed by atoms with Gasteiger partial charge in [-0.1, -0.05) is 6.07 Å². The summed E-state index contributed by atoms with van der Waals surface area (Å²) in [6.07, 6.45) is -3.89. The van der Waals surface area contributed by atoms with Crippen molar-refractivity contribution in [3.8, 4) is 5.88 Å². The Hall–Kier alpha value is -1.96. The minimum atomic E-state index is -4.65. The third-order valence-electron chi connectivity index (χ3n) is 2.43. The van der Waals surface area contributed by atoms with Crippen LogP contribution in [0.25, 0.3) is 0 Å². The van der Waals surface area contributed by atoms with Crippen LogP contribution in [-0.2, 0) is 12.8 Å². The lowest BCUT2D eigenvalue weighted by Crippen LogP contribution is -2.08. The highest BCUT2D eigenvalue weighted by molar-refractivity contribution is 6.28. The van der Waals surface area contributed by atoms with Crippen molar-refractivity contribution in [2.24, 2.45) is 0 Å². The van der Waals surface area contributed by atoms with E-state index in [1.807, 2.05) is 0 Å². The van der Waals surface area contributed by atoms with E-state index in [1.54, 1.807) is 0 Å². The molecule has 0 spiro atoms. The van der Waals surface area contributed by atoms with E-state index in [0.29, 0.717) is 12.1 Å². The van der Waals surface area contributed by atoms with E-state index < -0.39 is 35.9 Å². The Morgan fingerprint density at radius 1 is 1.14 bits per heavy atom. The summed E-state index contributed by atoms with van der Waals surface area (Å²) in [4.78, 5) is 6.78. The fraction of sp³-hybridized carbons (Fsp3) is 0.167. The normalized spacial score (nSPS) is 11.5. The number of hydrogen-bond donors (Lipinski definition) is 0. The Bertz CT molecular complexity index is 663. The summed E-state index contributed by atoms with van der Waals surface area (Å²) in [6.45, 7) is -0.506. The second-order valence-corrected chi connectivity index (χ2v) is 4.22. The molecule has 1 heterocycles. The van der Waals surface area contributed by atoms with Crippen LogP contribution >= 0.6 is 11.6 Å². The first kappa shape index (κ1) is 15.4. The minimum Gasteiger partial charge on any atom is -0.471 e. The Labute approximate surface area is 120 Å².